The van der Waals surface area contributed by atoms with Crippen molar-refractivity contribution in [3.8, 4) is 17.1 Å². The highest BCUT2D eigenvalue weighted by atomic mass is 16.5. The number of carbonyl (C=O) groups excluding carboxylic acids is 3. The molecule has 12 heteroatoms. The van der Waals surface area contributed by atoms with Gasteiger partial charge in [0.05, 0.1) is 29.8 Å². The number of piperazine rings is 1. The third kappa shape index (κ3) is 4.36. The zero-order chi connectivity index (χ0) is 27.0. The molecule has 5 rings (SSSR count). The van der Waals surface area contributed by atoms with Crippen molar-refractivity contribution in [2.24, 2.45) is 0 Å². The Morgan fingerprint density at radius 1 is 1.16 bits per heavy atom. The van der Waals surface area contributed by atoms with E-state index in [0.29, 0.717) is 27.7 Å². The monoisotopic (exact) mass is 516 g/mol. The van der Waals surface area contributed by atoms with Crippen molar-refractivity contribution in [2.75, 3.05) is 26.7 Å². The van der Waals surface area contributed by atoms with Crippen LogP contribution in [0.25, 0.3) is 22.3 Å². The van der Waals surface area contributed by atoms with Crippen molar-refractivity contribution in [3.63, 3.8) is 0 Å². The van der Waals surface area contributed by atoms with Crippen molar-refractivity contribution in [1.82, 2.24) is 24.8 Å². The Labute approximate surface area is 216 Å². The number of carbonyl (C=O) groups is 3. The maximum absolute atomic E-state index is 13.4. The Kier molecular flexibility index (Phi) is 6.37. The number of Topliss-reactive ketones (excluding diaryl/α,β-unsaturated/α-hetero) is 1. The zero-order valence-corrected chi connectivity index (χ0v) is 20.6. The number of benzene rings is 1. The number of methoxy groups -OCH3 is 1. The number of fused-ring (bicyclic) bond motifs is 1. The minimum atomic E-state index is -0.762. The number of aromatic nitrogens is 4. The van der Waals surface area contributed by atoms with E-state index in [9.17, 15) is 24.4 Å². The molecule has 3 aromatic heterocycles. The van der Waals surface area contributed by atoms with E-state index >= 15 is 0 Å². The number of ether oxygens (including phenoxy) is 1. The van der Waals surface area contributed by atoms with Crippen LogP contribution in [0.1, 0.15) is 27.6 Å². The van der Waals surface area contributed by atoms with E-state index in [0.717, 1.165) is 12.4 Å². The van der Waals surface area contributed by atoms with Crippen LogP contribution in [0.3, 0.4) is 0 Å². The predicted octanol–water partition coefficient (Wildman–Crippen LogP) is 1.12. The largest absolute Gasteiger partial charge is 0.618 e. The molecule has 1 aliphatic heterocycles. The van der Waals surface area contributed by atoms with Gasteiger partial charge in [0.15, 0.2) is 0 Å². The summed E-state index contributed by atoms with van der Waals surface area (Å²) < 4.78 is 5.76. The Morgan fingerprint density at radius 2 is 1.92 bits per heavy atom. The summed E-state index contributed by atoms with van der Waals surface area (Å²) in [5, 5.41) is 12.1. The number of hydrogen-bond acceptors (Lipinski definition) is 7. The molecule has 0 saturated carbocycles. The third-order valence-electron chi connectivity index (χ3n) is 6.54. The standard InChI is InChI=1S/C26H24N6O6/c1-15-12-30(25(35)16-6-4-3-5-7-16)8-9-32(15)26(36)24(34)17-10-27-23-21(17)19(38-2)11-28-22(23)18-13-31(37)14-20(33)29-18/h3-7,10-11,13-15,27H,8-9,12H2,1-2H3,(H,29,33). The normalized spacial score (nSPS) is 15.5. The summed E-state index contributed by atoms with van der Waals surface area (Å²) in [4.78, 5) is 64.4. The van der Waals surface area contributed by atoms with Crippen LogP contribution in [0.4, 0.5) is 0 Å². The van der Waals surface area contributed by atoms with Gasteiger partial charge < -0.3 is 29.7 Å². The smallest absolute Gasteiger partial charge is 0.314 e. The quantitative estimate of drug-likeness (QED) is 0.174. The van der Waals surface area contributed by atoms with Gasteiger partial charge >= 0.3 is 5.56 Å². The van der Waals surface area contributed by atoms with Crippen LogP contribution >= 0.6 is 0 Å². The van der Waals surface area contributed by atoms with Crippen molar-refractivity contribution in [1.29, 1.82) is 0 Å². The van der Waals surface area contributed by atoms with Gasteiger partial charge in [-0.15, -0.1) is 0 Å². The number of hydrogen-bond donors (Lipinski definition) is 2. The van der Waals surface area contributed by atoms with Crippen LogP contribution < -0.4 is 15.0 Å². The van der Waals surface area contributed by atoms with Crippen LogP contribution in [0.5, 0.6) is 5.75 Å². The summed E-state index contributed by atoms with van der Waals surface area (Å²) in [6.45, 7) is 2.57. The molecule has 1 unspecified atom stereocenters. The van der Waals surface area contributed by atoms with Crippen LogP contribution in [0, 0.1) is 5.21 Å². The van der Waals surface area contributed by atoms with Gasteiger partial charge in [-0.2, -0.15) is 4.73 Å². The minimum absolute atomic E-state index is 0.0637. The second-order valence-electron chi connectivity index (χ2n) is 8.94. The van der Waals surface area contributed by atoms with E-state index in [1.807, 2.05) is 6.07 Å². The molecule has 4 heterocycles. The van der Waals surface area contributed by atoms with Crippen LogP contribution in [0.2, 0.25) is 0 Å². The lowest BCUT2D eigenvalue weighted by molar-refractivity contribution is -0.606. The first-order chi connectivity index (χ1) is 18.3. The van der Waals surface area contributed by atoms with E-state index in [1.54, 1.807) is 36.1 Å². The number of H-pyrrole nitrogens is 2. The first kappa shape index (κ1) is 24.7. The van der Waals surface area contributed by atoms with Gasteiger partial charge in [0, 0.05) is 37.4 Å². The average Bonchev–Trinajstić information content (AvgIpc) is 3.36. The Balaban J connectivity index is 1.43. The molecule has 1 aromatic carbocycles. The summed E-state index contributed by atoms with van der Waals surface area (Å²) in [6.07, 6.45) is 4.70. The Bertz CT molecular complexity index is 1610. The molecule has 194 valence electrons. The van der Waals surface area contributed by atoms with Crippen molar-refractivity contribution in [3.05, 3.63) is 81.8 Å². The molecule has 2 N–H and O–H groups in total. The lowest BCUT2D eigenvalue weighted by Gasteiger charge is -2.39. The van der Waals surface area contributed by atoms with E-state index < -0.39 is 17.2 Å². The highest BCUT2D eigenvalue weighted by Crippen LogP contribution is 2.34. The second kappa shape index (κ2) is 9.81. The molecule has 0 aliphatic carbocycles. The van der Waals surface area contributed by atoms with Crippen molar-refractivity contribution >= 4 is 28.5 Å². The number of aromatic amines is 2. The summed E-state index contributed by atoms with van der Waals surface area (Å²) in [7, 11) is 1.40. The minimum Gasteiger partial charge on any atom is -0.618 e. The molecule has 0 spiro atoms. The number of nitrogens with zero attached hydrogens (tertiary/aromatic N) is 4. The molecule has 2 amide bonds. The zero-order valence-electron chi connectivity index (χ0n) is 20.6. The van der Waals surface area contributed by atoms with Gasteiger partial charge in [-0.25, -0.2) is 4.98 Å². The van der Waals surface area contributed by atoms with Crippen LogP contribution in [-0.2, 0) is 4.79 Å². The molecule has 1 atom stereocenters. The van der Waals surface area contributed by atoms with Crippen LogP contribution in [-0.4, -0.2) is 75.1 Å². The fraction of sp³-hybridized carbons (Fsp3) is 0.231. The van der Waals surface area contributed by atoms with E-state index in [2.05, 4.69) is 15.0 Å². The summed E-state index contributed by atoms with van der Waals surface area (Å²) in [5.74, 6) is -1.37. The lowest BCUT2D eigenvalue weighted by atomic mass is 10.0. The maximum Gasteiger partial charge on any atom is 0.314 e. The number of amides is 2. The maximum atomic E-state index is 13.4. The Morgan fingerprint density at radius 3 is 2.61 bits per heavy atom. The average molecular weight is 517 g/mol. The molecule has 4 aromatic rings. The van der Waals surface area contributed by atoms with Crippen molar-refractivity contribution in [2.45, 2.75) is 13.0 Å². The highest BCUT2D eigenvalue weighted by Gasteiger charge is 2.35. The predicted molar refractivity (Wildman–Crippen MR) is 136 cm³/mol. The fourth-order valence-electron chi connectivity index (χ4n) is 4.71. The number of rotatable bonds is 5. The number of pyridine rings is 1. The third-order valence-corrected chi connectivity index (χ3v) is 6.54. The molecule has 1 aliphatic rings. The molecule has 12 nitrogen and oxygen atoms in total. The molecule has 1 saturated heterocycles. The molecule has 0 radical (unpaired) electrons. The second-order valence-corrected chi connectivity index (χ2v) is 8.94. The molecule has 1 fully saturated rings. The SMILES string of the molecule is COc1cnc(-c2c[n+]([O-])cc(=O)[nH]2)c2[nH]cc(C(=O)C(=O)N3CCN(C(=O)c4ccccc4)CC3C)c12. The molecule has 0 bridgehead atoms. The highest BCUT2D eigenvalue weighted by molar-refractivity contribution is 6.45. The Hall–Kier alpha value is -5.00. The van der Waals surface area contributed by atoms with Gasteiger partial charge in [-0.3, -0.25) is 19.2 Å². The summed E-state index contributed by atoms with van der Waals surface area (Å²) >= 11 is 0. The van der Waals surface area contributed by atoms with Gasteiger partial charge in [-0.05, 0) is 19.1 Å². The van der Waals surface area contributed by atoms with E-state index in [4.69, 9.17) is 4.74 Å². The molecule has 38 heavy (non-hydrogen) atoms. The van der Waals surface area contributed by atoms with Gasteiger partial charge in [0.1, 0.15) is 17.1 Å². The van der Waals surface area contributed by atoms with E-state index in [1.165, 1.54) is 24.4 Å². The van der Waals surface area contributed by atoms with Gasteiger partial charge in [-0.1, -0.05) is 18.2 Å². The molecular formula is C26H24N6O6. The van der Waals surface area contributed by atoms with Crippen molar-refractivity contribution < 1.29 is 23.9 Å². The fourth-order valence-corrected chi connectivity index (χ4v) is 4.71. The first-order valence-corrected chi connectivity index (χ1v) is 11.9. The van der Waals surface area contributed by atoms with Gasteiger partial charge in [0.2, 0.25) is 12.4 Å². The topological polar surface area (TPSA) is 155 Å². The number of ketones is 1. The summed E-state index contributed by atoms with van der Waals surface area (Å²) in [6, 6.07) is 8.50. The van der Waals surface area contributed by atoms with Gasteiger partial charge in [0.25, 0.3) is 17.6 Å². The first-order valence-electron chi connectivity index (χ1n) is 11.9. The molecular weight excluding hydrogens is 492 g/mol. The summed E-state index contributed by atoms with van der Waals surface area (Å²) in [5.41, 5.74) is 0.645. The number of nitrogens with one attached hydrogen (secondary N) is 2. The van der Waals surface area contributed by atoms with Crippen LogP contribution in [0.15, 0.2) is 59.9 Å². The lowest BCUT2D eigenvalue weighted by Crippen LogP contribution is -2.56. The van der Waals surface area contributed by atoms with E-state index in [-0.39, 0.29) is 47.7 Å².